The lowest BCUT2D eigenvalue weighted by atomic mass is 10.5. The number of nitrogens with zero attached hydrogens (tertiary/aromatic N) is 2. The molecule has 0 amide bonds. The van der Waals surface area contributed by atoms with Crippen LogP contribution in [0.3, 0.4) is 0 Å². The molecule has 2 heterocycles. The summed E-state index contributed by atoms with van der Waals surface area (Å²) in [5, 5.41) is 0.725. The van der Waals surface area contributed by atoms with Crippen LogP contribution in [0, 0.1) is 6.92 Å². The van der Waals surface area contributed by atoms with E-state index >= 15 is 0 Å². The Morgan fingerprint density at radius 1 is 1.20 bits per heavy atom. The van der Waals surface area contributed by atoms with E-state index in [0.29, 0.717) is 0 Å². The molecule has 2 nitrogen and oxygen atoms in total. The minimum absolute atomic E-state index is 0.725. The standard InChI is InChI=1S/C8H7ClN2.2C2H6/c1-6-5-11-3-2-7(9)4-8(11)10-6;2*1-2/h2-5H,1H3;2*1-2H3. The molecule has 0 N–H and O–H groups in total. The Hall–Kier alpha value is -1.02. The van der Waals surface area contributed by atoms with E-state index in [4.69, 9.17) is 11.6 Å². The zero-order valence-electron chi connectivity index (χ0n) is 10.1. The molecule has 2 rings (SSSR count). The lowest BCUT2D eigenvalue weighted by Crippen LogP contribution is -1.79. The fourth-order valence-corrected chi connectivity index (χ4v) is 1.24. The van der Waals surface area contributed by atoms with E-state index in [9.17, 15) is 0 Å². The van der Waals surface area contributed by atoms with Gasteiger partial charge in [0.05, 0.1) is 5.69 Å². The van der Waals surface area contributed by atoms with Crippen LogP contribution >= 0.6 is 11.6 Å². The van der Waals surface area contributed by atoms with E-state index in [1.165, 1.54) is 0 Å². The maximum absolute atomic E-state index is 5.77. The van der Waals surface area contributed by atoms with Gasteiger partial charge in [0.1, 0.15) is 5.65 Å². The molecule has 3 heteroatoms. The smallest absolute Gasteiger partial charge is 0.138 e. The summed E-state index contributed by atoms with van der Waals surface area (Å²) in [5.74, 6) is 0. The Labute approximate surface area is 96.9 Å². The maximum atomic E-state index is 5.77. The highest BCUT2D eigenvalue weighted by Gasteiger charge is 1.96. The van der Waals surface area contributed by atoms with Crippen LogP contribution in [-0.2, 0) is 0 Å². The number of aromatic nitrogens is 2. The number of pyridine rings is 1. The molecular formula is C12H19ClN2. The van der Waals surface area contributed by atoms with Crippen molar-refractivity contribution in [2.24, 2.45) is 0 Å². The molecule has 84 valence electrons. The first kappa shape index (κ1) is 14.0. The van der Waals surface area contributed by atoms with Crippen molar-refractivity contribution in [1.82, 2.24) is 9.38 Å². The summed E-state index contributed by atoms with van der Waals surface area (Å²) in [6, 6.07) is 3.68. The second-order valence-electron chi connectivity index (χ2n) is 2.49. The molecule has 0 bridgehead atoms. The lowest BCUT2D eigenvalue weighted by Gasteiger charge is -1.90. The van der Waals surface area contributed by atoms with Gasteiger partial charge in [0, 0.05) is 17.4 Å². The molecule has 0 atom stereocenters. The van der Waals surface area contributed by atoms with Crippen LogP contribution in [0.15, 0.2) is 24.5 Å². The first-order chi connectivity index (χ1) is 7.25. The van der Waals surface area contributed by atoms with Crippen LogP contribution in [0.2, 0.25) is 5.02 Å². The van der Waals surface area contributed by atoms with Gasteiger partial charge in [-0.05, 0) is 19.1 Å². The predicted molar refractivity (Wildman–Crippen MR) is 67.6 cm³/mol. The summed E-state index contributed by atoms with van der Waals surface area (Å²) in [5.41, 5.74) is 1.90. The van der Waals surface area contributed by atoms with E-state index < -0.39 is 0 Å². The van der Waals surface area contributed by atoms with Gasteiger partial charge in [-0.2, -0.15) is 0 Å². The van der Waals surface area contributed by atoms with Crippen LogP contribution in [-0.4, -0.2) is 9.38 Å². The van der Waals surface area contributed by atoms with Crippen molar-refractivity contribution in [3.8, 4) is 0 Å². The fraction of sp³-hybridized carbons (Fsp3) is 0.417. The van der Waals surface area contributed by atoms with Crippen molar-refractivity contribution in [3.05, 3.63) is 35.2 Å². The zero-order chi connectivity index (χ0) is 11.8. The predicted octanol–water partition coefficient (Wildman–Crippen LogP) is 4.35. The van der Waals surface area contributed by atoms with Crippen LogP contribution in [0.5, 0.6) is 0 Å². The summed E-state index contributed by atoms with van der Waals surface area (Å²) < 4.78 is 1.95. The van der Waals surface area contributed by atoms with E-state index in [1.807, 2.05) is 63.5 Å². The van der Waals surface area contributed by atoms with Gasteiger partial charge in [-0.25, -0.2) is 4.98 Å². The molecular weight excluding hydrogens is 208 g/mol. The number of aryl methyl sites for hydroxylation is 1. The largest absolute Gasteiger partial charge is 0.307 e. The maximum Gasteiger partial charge on any atom is 0.138 e. The fourth-order valence-electron chi connectivity index (χ4n) is 1.08. The summed E-state index contributed by atoms with van der Waals surface area (Å²) in [6.45, 7) is 9.96. The first-order valence-corrected chi connectivity index (χ1v) is 5.74. The van der Waals surface area contributed by atoms with Crippen molar-refractivity contribution < 1.29 is 0 Å². The third kappa shape index (κ3) is 3.92. The highest BCUT2D eigenvalue weighted by atomic mass is 35.5. The Bertz CT molecular complexity index is 393. The SMILES string of the molecule is CC.CC.Cc1cn2ccc(Cl)cc2n1. The average molecular weight is 227 g/mol. The molecule has 0 aliphatic heterocycles. The second kappa shape index (κ2) is 7.30. The van der Waals surface area contributed by atoms with Crippen molar-refractivity contribution in [3.63, 3.8) is 0 Å². The summed E-state index contributed by atoms with van der Waals surface area (Å²) in [6.07, 6.45) is 3.86. The summed E-state index contributed by atoms with van der Waals surface area (Å²) in [4.78, 5) is 4.25. The van der Waals surface area contributed by atoms with Crippen molar-refractivity contribution in [2.45, 2.75) is 34.6 Å². The van der Waals surface area contributed by atoms with E-state index in [2.05, 4.69) is 4.98 Å². The molecule has 0 saturated carbocycles. The highest BCUT2D eigenvalue weighted by Crippen LogP contribution is 2.11. The normalized spacial score (nSPS) is 8.67. The number of hydrogen-bond donors (Lipinski definition) is 0. The number of halogens is 1. The molecule has 2 aromatic rings. The molecule has 0 aliphatic carbocycles. The van der Waals surface area contributed by atoms with Gasteiger partial charge in [0.2, 0.25) is 0 Å². The number of rotatable bonds is 0. The minimum atomic E-state index is 0.725. The molecule has 0 radical (unpaired) electrons. The van der Waals surface area contributed by atoms with Gasteiger partial charge in [-0.3, -0.25) is 0 Å². The first-order valence-electron chi connectivity index (χ1n) is 5.36. The van der Waals surface area contributed by atoms with Gasteiger partial charge in [-0.15, -0.1) is 0 Å². The molecule has 15 heavy (non-hydrogen) atoms. The quantitative estimate of drug-likeness (QED) is 0.653. The molecule has 0 unspecified atom stereocenters. The summed E-state index contributed by atoms with van der Waals surface area (Å²) in [7, 11) is 0. The molecule has 0 spiro atoms. The van der Waals surface area contributed by atoms with Crippen molar-refractivity contribution in [1.29, 1.82) is 0 Å². The van der Waals surface area contributed by atoms with E-state index in [-0.39, 0.29) is 0 Å². The van der Waals surface area contributed by atoms with Crippen LogP contribution in [0.1, 0.15) is 33.4 Å². The second-order valence-corrected chi connectivity index (χ2v) is 2.93. The lowest BCUT2D eigenvalue weighted by molar-refractivity contribution is 1.18. The number of hydrogen-bond acceptors (Lipinski definition) is 1. The Kier molecular flexibility index (Phi) is 6.80. The average Bonchev–Trinajstić information content (AvgIpc) is 2.63. The summed E-state index contributed by atoms with van der Waals surface area (Å²) >= 11 is 5.77. The van der Waals surface area contributed by atoms with Crippen LogP contribution in [0.25, 0.3) is 5.65 Å². The van der Waals surface area contributed by atoms with Gasteiger partial charge in [-0.1, -0.05) is 39.3 Å². The minimum Gasteiger partial charge on any atom is -0.307 e. The molecule has 0 saturated heterocycles. The molecule has 0 fully saturated rings. The van der Waals surface area contributed by atoms with Crippen LogP contribution in [0.4, 0.5) is 0 Å². The van der Waals surface area contributed by atoms with Crippen molar-refractivity contribution in [2.75, 3.05) is 0 Å². The van der Waals surface area contributed by atoms with Crippen molar-refractivity contribution >= 4 is 17.2 Å². The van der Waals surface area contributed by atoms with Crippen LogP contribution < -0.4 is 0 Å². The van der Waals surface area contributed by atoms with Gasteiger partial charge < -0.3 is 4.40 Å². The van der Waals surface area contributed by atoms with E-state index in [1.54, 1.807) is 0 Å². The molecule has 2 aromatic heterocycles. The monoisotopic (exact) mass is 226 g/mol. The Morgan fingerprint density at radius 2 is 1.80 bits per heavy atom. The van der Waals surface area contributed by atoms with Gasteiger partial charge in [0.25, 0.3) is 0 Å². The third-order valence-corrected chi connectivity index (χ3v) is 1.78. The Balaban J connectivity index is 0.000000442. The molecule has 0 aromatic carbocycles. The third-order valence-electron chi connectivity index (χ3n) is 1.54. The van der Waals surface area contributed by atoms with E-state index in [0.717, 1.165) is 16.4 Å². The Morgan fingerprint density at radius 3 is 2.40 bits per heavy atom. The highest BCUT2D eigenvalue weighted by molar-refractivity contribution is 6.30. The zero-order valence-corrected chi connectivity index (χ0v) is 10.8. The van der Waals surface area contributed by atoms with Gasteiger partial charge >= 0.3 is 0 Å². The van der Waals surface area contributed by atoms with Gasteiger partial charge in [0.15, 0.2) is 0 Å². The number of imidazole rings is 1. The molecule has 0 aliphatic rings. The number of fused-ring (bicyclic) bond motifs is 1. The topological polar surface area (TPSA) is 17.3 Å².